The Labute approximate surface area is 189 Å². The number of nitrogen functional groups attached to an aromatic ring is 2. The maximum atomic E-state index is 13.2. The summed E-state index contributed by atoms with van der Waals surface area (Å²) in [6.45, 7) is 1.99. The van der Waals surface area contributed by atoms with Gasteiger partial charge in [0.25, 0.3) is 0 Å². The fraction of sp³-hybridized carbons (Fsp3) is 0.158. The standard InChI is InChI=1S/C19H18F3N9OS/c1-2-28-18(32)31-16-13(15(25)26)12(17-30-11(7-33-17)19(20,21)22)10(6-29-16)8-3-9(14(23)24)5-27-4-8/h3-7H,2H2,1H3,(H3,23,24)(H3,25,26)(H2,28,29,31,32). The number of thiazole rings is 1. The van der Waals surface area contributed by atoms with Crippen molar-refractivity contribution in [1.29, 1.82) is 10.8 Å². The fourth-order valence-corrected chi connectivity index (χ4v) is 3.77. The number of urea groups is 1. The third-order valence-electron chi connectivity index (χ3n) is 4.29. The zero-order valence-electron chi connectivity index (χ0n) is 17.0. The molecule has 0 radical (unpaired) electrons. The summed E-state index contributed by atoms with van der Waals surface area (Å²) >= 11 is 0.691. The first-order valence-corrected chi connectivity index (χ1v) is 10.2. The summed E-state index contributed by atoms with van der Waals surface area (Å²) in [6, 6.07) is 0.858. The Balaban J connectivity index is 2.32. The first-order chi connectivity index (χ1) is 15.5. The molecule has 0 spiro atoms. The molecule has 3 heterocycles. The highest BCUT2D eigenvalue weighted by Crippen LogP contribution is 2.41. The van der Waals surface area contributed by atoms with E-state index in [9.17, 15) is 18.0 Å². The molecule has 172 valence electrons. The number of alkyl halides is 3. The van der Waals surface area contributed by atoms with Gasteiger partial charge in [-0.2, -0.15) is 13.2 Å². The van der Waals surface area contributed by atoms with E-state index in [1.165, 1.54) is 24.7 Å². The largest absolute Gasteiger partial charge is 0.434 e. The van der Waals surface area contributed by atoms with E-state index in [1.807, 2.05) is 0 Å². The summed E-state index contributed by atoms with van der Waals surface area (Å²) in [4.78, 5) is 23.9. The van der Waals surface area contributed by atoms with Crippen LogP contribution in [0.5, 0.6) is 0 Å². The highest BCUT2D eigenvalue weighted by molar-refractivity contribution is 7.13. The summed E-state index contributed by atoms with van der Waals surface area (Å²) < 4.78 is 39.7. The maximum absolute atomic E-state index is 13.2. The van der Waals surface area contributed by atoms with Gasteiger partial charge in [0.05, 0.1) is 5.56 Å². The first kappa shape index (κ1) is 23.6. The predicted molar refractivity (Wildman–Crippen MR) is 118 cm³/mol. The van der Waals surface area contributed by atoms with Gasteiger partial charge in [-0.3, -0.25) is 21.1 Å². The number of anilines is 1. The lowest BCUT2D eigenvalue weighted by molar-refractivity contribution is -0.140. The summed E-state index contributed by atoms with van der Waals surface area (Å²) in [5.74, 6) is -0.953. The number of nitrogens with two attached hydrogens (primary N) is 2. The molecule has 0 bridgehead atoms. The van der Waals surface area contributed by atoms with Crippen LogP contribution < -0.4 is 22.1 Å². The zero-order valence-corrected chi connectivity index (χ0v) is 17.9. The minimum atomic E-state index is -4.68. The maximum Gasteiger partial charge on any atom is 0.434 e. The third kappa shape index (κ3) is 5.06. The van der Waals surface area contributed by atoms with E-state index in [0.717, 1.165) is 5.38 Å². The number of amidine groups is 2. The van der Waals surface area contributed by atoms with Gasteiger partial charge in [-0.15, -0.1) is 11.3 Å². The normalized spacial score (nSPS) is 11.2. The molecule has 0 saturated carbocycles. The van der Waals surface area contributed by atoms with Crippen molar-refractivity contribution in [3.63, 3.8) is 0 Å². The number of amides is 2. The van der Waals surface area contributed by atoms with Crippen LogP contribution in [-0.2, 0) is 6.18 Å². The summed E-state index contributed by atoms with van der Waals surface area (Å²) in [7, 11) is 0. The Kier molecular flexibility index (Phi) is 6.57. The van der Waals surface area contributed by atoms with Crippen molar-refractivity contribution in [2.45, 2.75) is 13.1 Å². The Hall–Kier alpha value is -4.07. The Morgan fingerprint density at radius 2 is 1.91 bits per heavy atom. The third-order valence-corrected chi connectivity index (χ3v) is 5.15. The number of aromatic nitrogens is 3. The van der Waals surface area contributed by atoms with Crippen LogP contribution in [0.2, 0.25) is 0 Å². The molecular weight excluding hydrogens is 459 g/mol. The molecule has 0 aliphatic heterocycles. The van der Waals surface area contributed by atoms with Crippen LogP contribution >= 0.6 is 11.3 Å². The second-order valence-corrected chi connectivity index (χ2v) is 7.44. The molecule has 0 aromatic carbocycles. The van der Waals surface area contributed by atoms with Gasteiger partial charge in [-0.25, -0.2) is 14.8 Å². The molecule has 33 heavy (non-hydrogen) atoms. The van der Waals surface area contributed by atoms with E-state index in [0.29, 0.717) is 23.4 Å². The molecule has 3 aromatic rings. The number of hydrogen-bond acceptors (Lipinski definition) is 7. The van der Waals surface area contributed by atoms with E-state index < -0.39 is 23.7 Å². The van der Waals surface area contributed by atoms with Crippen molar-refractivity contribution in [3.8, 4) is 21.7 Å². The van der Waals surface area contributed by atoms with Gasteiger partial charge in [0.1, 0.15) is 22.5 Å². The number of pyridine rings is 2. The molecule has 0 unspecified atom stereocenters. The smallest absolute Gasteiger partial charge is 0.384 e. The van der Waals surface area contributed by atoms with E-state index in [1.54, 1.807) is 6.92 Å². The van der Waals surface area contributed by atoms with Crippen molar-refractivity contribution in [3.05, 3.63) is 46.9 Å². The minimum Gasteiger partial charge on any atom is -0.384 e. The summed E-state index contributed by atoms with van der Waals surface area (Å²) in [5.41, 5.74) is 11.0. The molecule has 3 aromatic heterocycles. The number of nitrogens with zero attached hydrogens (tertiary/aromatic N) is 3. The molecule has 2 amide bonds. The van der Waals surface area contributed by atoms with Crippen LogP contribution in [0.1, 0.15) is 23.7 Å². The predicted octanol–water partition coefficient (Wildman–Crippen LogP) is 3.00. The molecule has 0 aliphatic carbocycles. The van der Waals surface area contributed by atoms with Gasteiger partial charge in [0.15, 0.2) is 5.69 Å². The van der Waals surface area contributed by atoms with Crippen LogP contribution in [-0.4, -0.2) is 39.2 Å². The monoisotopic (exact) mass is 477 g/mol. The Bertz CT molecular complexity index is 1240. The molecule has 10 nitrogen and oxygen atoms in total. The fourth-order valence-electron chi connectivity index (χ4n) is 2.87. The van der Waals surface area contributed by atoms with E-state index >= 15 is 0 Å². The second-order valence-electron chi connectivity index (χ2n) is 6.58. The van der Waals surface area contributed by atoms with Crippen molar-refractivity contribution in [2.75, 3.05) is 11.9 Å². The van der Waals surface area contributed by atoms with Crippen molar-refractivity contribution >= 4 is 34.9 Å². The lowest BCUT2D eigenvalue weighted by atomic mass is 9.97. The number of carbonyl (C=O) groups excluding carboxylic acids is 1. The second kappa shape index (κ2) is 9.20. The molecule has 8 N–H and O–H groups in total. The molecular formula is C19H18F3N9OS. The van der Waals surface area contributed by atoms with Gasteiger partial charge in [-0.05, 0) is 13.0 Å². The SMILES string of the molecule is CCNC(=O)Nc1ncc(-c2cncc(C(=N)N)c2)c(-c2nc(C(F)(F)F)cs2)c1C(=N)N. The highest BCUT2D eigenvalue weighted by Gasteiger charge is 2.35. The van der Waals surface area contributed by atoms with Crippen molar-refractivity contribution in [1.82, 2.24) is 20.3 Å². The number of halogens is 3. The van der Waals surface area contributed by atoms with Gasteiger partial charge in [0.2, 0.25) is 0 Å². The van der Waals surface area contributed by atoms with Crippen LogP contribution in [0.3, 0.4) is 0 Å². The molecule has 3 rings (SSSR count). The van der Waals surface area contributed by atoms with Gasteiger partial charge < -0.3 is 16.8 Å². The van der Waals surface area contributed by atoms with Gasteiger partial charge in [0, 0.05) is 52.8 Å². The highest BCUT2D eigenvalue weighted by atomic mass is 32.1. The van der Waals surface area contributed by atoms with Crippen molar-refractivity contribution in [2.24, 2.45) is 11.5 Å². The van der Waals surface area contributed by atoms with Crippen LogP contribution in [0.25, 0.3) is 21.7 Å². The molecule has 14 heteroatoms. The molecule has 0 fully saturated rings. The van der Waals surface area contributed by atoms with Crippen LogP contribution in [0.4, 0.5) is 23.8 Å². The quantitative estimate of drug-likeness (QED) is 0.234. The molecule has 0 saturated heterocycles. The molecule has 0 atom stereocenters. The van der Waals surface area contributed by atoms with Gasteiger partial charge >= 0.3 is 12.2 Å². The number of nitrogens with one attached hydrogen (secondary N) is 4. The number of rotatable bonds is 6. The average molecular weight is 477 g/mol. The number of carbonyl (C=O) groups is 1. The summed E-state index contributed by atoms with van der Waals surface area (Å²) in [5, 5.41) is 21.4. The van der Waals surface area contributed by atoms with E-state index in [-0.39, 0.29) is 38.9 Å². The number of hydrogen-bond donors (Lipinski definition) is 6. The zero-order chi connectivity index (χ0) is 24.3. The summed E-state index contributed by atoms with van der Waals surface area (Å²) in [6.07, 6.45) is -0.650. The van der Waals surface area contributed by atoms with Crippen LogP contribution in [0, 0.1) is 10.8 Å². The average Bonchev–Trinajstić information content (AvgIpc) is 3.24. The lowest BCUT2D eigenvalue weighted by Crippen LogP contribution is -2.30. The van der Waals surface area contributed by atoms with Crippen LogP contribution in [0.15, 0.2) is 30.0 Å². The van der Waals surface area contributed by atoms with Gasteiger partial charge in [-0.1, -0.05) is 0 Å². The Morgan fingerprint density at radius 1 is 1.18 bits per heavy atom. The minimum absolute atomic E-state index is 0.0484. The van der Waals surface area contributed by atoms with Crippen molar-refractivity contribution < 1.29 is 18.0 Å². The van der Waals surface area contributed by atoms with E-state index in [2.05, 4.69) is 25.6 Å². The Morgan fingerprint density at radius 3 is 2.48 bits per heavy atom. The molecule has 0 aliphatic rings. The lowest BCUT2D eigenvalue weighted by Gasteiger charge is -2.17. The topological polar surface area (TPSA) is 180 Å². The first-order valence-electron chi connectivity index (χ1n) is 9.28. The van der Waals surface area contributed by atoms with E-state index in [4.69, 9.17) is 22.3 Å².